The van der Waals surface area contributed by atoms with E-state index < -0.39 is 12.0 Å². The normalized spacial score (nSPS) is 13.5. The fourth-order valence-corrected chi connectivity index (χ4v) is 3.36. The number of carboxylic acid groups (broad SMARTS) is 1. The van der Waals surface area contributed by atoms with Gasteiger partial charge in [-0.3, -0.25) is 14.4 Å². The van der Waals surface area contributed by atoms with Crippen molar-refractivity contribution in [3.05, 3.63) is 89.0 Å². The van der Waals surface area contributed by atoms with Crippen LogP contribution >= 0.6 is 0 Å². The van der Waals surface area contributed by atoms with E-state index in [1.165, 1.54) is 0 Å². The summed E-state index contributed by atoms with van der Waals surface area (Å²) in [6.07, 6.45) is 0. The maximum atomic E-state index is 13.1. The molecule has 0 saturated carbocycles. The molecule has 0 saturated heterocycles. The monoisotopic (exact) mass is 371 g/mol. The van der Waals surface area contributed by atoms with Gasteiger partial charge in [-0.25, -0.2) is 0 Å². The molecule has 138 valence electrons. The molecule has 1 aliphatic carbocycles. The number of aliphatic carboxylic acids is 1. The van der Waals surface area contributed by atoms with Crippen LogP contribution in [0.2, 0.25) is 0 Å². The van der Waals surface area contributed by atoms with Gasteiger partial charge >= 0.3 is 5.97 Å². The summed E-state index contributed by atoms with van der Waals surface area (Å²) < 4.78 is 0. The second kappa shape index (κ2) is 6.78. The van der Waals surface area contributed by atoms with E-state index >= 15 is 0 Å². The highest BCUT2D eigenvalue weighted by Gasteiger charge is 2.26. The predicted molar refractivity (Wildman–Crippen MR) is 106 cm³/mol. The van der Waals surface area contributed by atoms with Crippen LogP contribution in [0.3, 0.4) is 0 Å². The standard InChI is InChI=1S/C23H17NO4/c1-13(23(27)28)24-16-9-6-14(7-10-16)17-11-8-15-12-20(17)22(26)19-5-3-2-4-18(19)21(15)25/h2-13,24H,1H3,(H,27,28)/t13-/m0/s1. The van der Waals surface area contributed by atoms with Crippen LogP contribution in [-0.2, 0) is 4.79 Å². The van der Waals surface area contributed by atoms with Crippen molar-refractivity contribution >= 4 is 23.2 Å². The van der Waals surface area contributed by atoms with E-state index in [1.807, 2.05) is 12.1 Å². The van der Waals surface area contributed by atoms with Gasteiger partial charge in [-0.15, -0.1) is 0 Å². The van der Waals surface area contributed by atoms with Gasteiger partial charge in [-0.05, 0) is 36.2 Å². The minimum atomic E-state index is -0.936. The number of carbonyl (C=O) groups excluding carboxylic acids is 2. The van der Waals surface area contributed by atoms with Crippen molar-refractivity contribution in [3.8, 4) is 11.1 Å². The molecule has 0 amide bonds. The van der Waals surface area contributed by atoms with Crippen LogP contribution in [0, 0.1) is 0 Å². The average Bonchev–Trinajstić information content (AvgIpc) is 2.79. The van der Waals surface area contributed by atoms with Crippen molar-refractivity contribution in [3.63, 3.8) is 0 Å². The van der Waals surface area contributed by atoms with Gasteiger partial charge < -0.3 is 10.4 Å². The Balaban J connectivity index is 1.75. The molecule has 0 aromatic heterocycles. The Morgan fingerprint density at radius 2 is 1.39 bits per heavy atom. The first-order valence-electron chi connectivity index (χ1n) is 8.88. The number of carbonyl (C=O) groups is 3. The van der Waals surface area contributed by atoms with Crippen molar-refractivity contribution in [2.75, 3.05) is 5.32 Å². The second-order valence-electron chi connectivity index (χ2n) is 6.75. The van der Waals surface area contributed by atoms with Gasteiger partial charge in [-0.1, -0.05) is 48.5 Å². The Morgan fingerprint density at radius 1 is 0.786 bits per heavy atom. The average molecular weight is 371 g/mol. The van der Waals surface area contributed by atoms with Gasteiger partial charge in [0.2, 0.25) is 0 Å². The predicted octanol–water partition coefficient (Wildman–Crippen LogP) is 4.01. The zero-order chi connectivity index (χ0) is 19.8. The fourth-order valence-electron chi connectivity index (χ4n) is 3.36. The summed E-state index contributed by atoms with van der Waals surface area (Å²) in [6, 6.07) is 18.5. The minimum Gasteiger partial charge on any atom is -0.480 e. The number of carboxylic acids is 1. The molecule has 3 aromatic carbocycles. The Kier molecular flexibility index (Phi) is 4.28. The topological polar surface area (TPSA) is 83.5 Å². The van der Waals surface area contributed by atoms with Crippen LogP contribution in [0.15, 0.2) is 66.7 Å². The van der Waals surface area contributed by atoms with Gasteiger partial charge in [0.15, 0.2) is 11.6 Å². The molecule has 1 aliphatic rings. The largest absolute Gasteiger partial charge is 0.480 e. The molecule has 0 heterocycles. The summed E-state index contributed by atoms with van der Waals surface area (Å²) in [5, 5.41) is 11.9. The van der Waals surface area contributed by atoms with Crippen LogP contribution < -0.4 is 5.32 Å². The minimum absolute atomic E-state index is 0.156. The first-order chi connectivity index (χ1) is 13.5. The summed E-state index contributed by atoms with van der Waals surface area (Å²) in [7, 11) is 0. The highest BCUT2D eigenvalue weighted by molar-refractivity contribution is 6.24. The molecule has 0 spiro atoms. The number of rotatable bonds is 4. The number of ketones is 2. The number of hydrogen-bond acceptors (Lipinski definition) is 4. The van der Waals surface area contributed by atoms with Gasteiger partial charge in [0, 0.05) is 27.9 Å². The van der Waals surface area contributed by atoms with Crippen molar-refractivity contribution in [2.24, 2.45) is 0 Å². The van der Waals surface area contributed by atoms with E-state index in [1.54, 1.807) is 61.5 Å². The summed E-state index contributed by atoms with van der Waals surface area (Å²) in [5.41, 5.74) is 4.02. The number of benzene rings is 3. The van der Waals surface area contributed by atoms with Crippen molar-refractivity contribution < 1.29 is 19.5 Å². The lowest BCUT2D eigenvalue weighted by molar-refractivity contribution is -0.137. The number of fused-ring (bicyclic) bond motifs is 3. The van der Waals surface area contributed by atoms with Gasteiger partial charge in [0.1, 0.15) is 6.04 Å². The van der Waals surface area contributed by atoms with E-state index in [0.717, 1.165) is 11.1 Å². The first-order valence-corrected chi connectivity index (χ1v) is 8.88. The van der Waals surface area contributed by atoms with Crippen LogP contribution in [0.4, 0.5) is 5.69 Å². The van der Waals surface area contributed by atoms with Crippen molar-refractivity contribution in [1.82, 2.24) is 0 Å². The number of anilines is 1. The van der Waals surface area contributed by atoms with E-state index in [4.69, 9.17) is 5.11 Å². The molecular formula is C23H17NO4. The maximum absolute atomic E-state index is 13.1. The summed E-state index contributed by atoms with van der Waals surface area (Å²) in [4.78, 5) is 36.8. The molecule has 5 heteroatoms. The Morgan fingerprint density at radius 3 is 2.04 bits per heavy atom. The number of nitrogens with one attached hydrogen (secondary N) is 1. The van der Waals surface area contributed by atoms with Crippen LogP contribution in [0.25, 0.3) is 11.1 Å². The smallest absolute Gasteiger partial charge is 0.325 e. The van der Waals surface area contributed by atoms with Crippen LogP contribution in [-0.4, -0.2) is 28.7 Å². The molecule has 0 aliphatic heterocycles. The van der Waals surface area contributed by atoms with Gasteiger partial charge in [0.25, 0.3) is 0 Å². The van der Waals surface area contributed by atoms with Crippen molar-refractivity contribution in [1.29, 1.82) is 0 Å². The Labute approximate surface area is 161 Å². The molecule has 4 rings (SSSR count). The molecule has 0 radical (unpaired) electrons. The van der Waals surface area contributed by atoms with Crippen LogP contribution in [0.1, 0.15) is 38.8 Å². The van der Waals surface area contributed by atoms with Gasteiger partial charge in [0.05, 0.1) is 0 Å². The van der Waals surface area contributed by atoms with Crippen LogP contribution in [0.5, 0.6) is 0 Å². The molecule has 2 bridgehead atoms. The molecule has 3 aromatic rings. The molecule has 2 N–H and O–H groups in total. The lowest BCUT2D eigenvalue weighted by Gasteiger charge is -2.12. The van der Waals surface area contributed by atoms with E-state index in [9.17, 15) is 14.4 Å². The summed E-state index contributed by atoms with van der Waals surface area (Å²) in [6.45, 7) is 1.57. The van der Waals surface area contributed by atoms with E-state index in [2.05, 4.69) is 5.32 Å². The first kappa shape index (κ1) is 17.7. The molecule has 1 atom stereocenters. The lowest BCUT2D eigenvalue weighted by Crippen LogP contribution is -2.25. The lowest BCUT2D eigenvalue weighted by atomic mass is 9.94. The van der Waals surface area contributed by atoms with Gasteiger partial charge in [-0.2, -0.15) is 0 Å². The van der Waals surface area contributed by atoms with E-state index in [-0.39, 0.29) is 11.6 Å². The third-order valence-corrected chi connectivity index (χ3v) is 4.89. The van der Waals surface area contributed by atoms with E-state index in [0.29, 0.717) is 27.9 Å². The third-order valence-electron chi connectivity index (χ3n) is 4.89. The highest BCUT2D eigenvalue weighted by Crippen LogP contribution is 2.32. The molecule has 0 fully saturated rings. The highest BCUT2D eigenvalue weighted by atomic mass is 16.4. The van der Waals surface area contributed by atoms with Crippen molar-refractivity contribution in [2.45, 2.75) is 13.0 Å². The Bertz CT molecular complexity index is 1120. The fraction of sp³-hybridized carbons (Fsp3) is 0.0870. The number of hydrogen-bond donors (Lipinski definition) is 2. The molecule has 0 unspecified atom stereocenters. The zero-order valence-corrected chi connectivity index (χ0v) is 15.1. The molecule has 5 nitrogen and oxygen atoms in total. The molecule has 28 heavy (non-hydrogen) atoms. The Hall–Kier alpha value is -3.73. The molecular weight excluding hydrogens is 354 g/mol. The maximum Gasteiger partial charge on any atom is 0.325 e. The summed E-state index contributed by atoms with van der Waals surface area (Å²) in [5.74, 6) is -1.27. The SMILES string of the molecule is C[C@H](Nc1ccc(-c2ccc3cc2C(=O)c2ccccc2C3=O)cc1)C(=O)O. The zero-order valence-electron chi connectivity index (χ0n) is 15.1. The summed E-state index contributed by atoms with van der Waals surface area (Å²) >= 11 is 0. The quantitative estimate of drug-likeness (QED) is 0.566. The second-order valence-corrected chi connectivity index (χ2v) is 6.75. The third kappa shape index (κ3) is 2.97.